The number of rotatable bonds is 3. The minimum absolute atomic E-state index is 0.570. The van der Waals surface area contributed by atoms with Crippen LogP contribution in [0, 0.1) is 13.8 Å². The number of likely N-dealkylation sites (tertiary alicyclic amines) is 1. The van der Waals surface area contributed by atoms with Crippen LogP contribution in [0.1, 0.15) is 53.8 Å². The van der Waals surface area contributed by atoms with Crippen molar-refractivity contribution in [1.29, 1.82) is 0 Å². The summed E-state index contributed by atoms with van der Waals surface area (Å²) in [5.74, 6) is 3.94. The van der Waals surface area contributed by atoms with Crippen LogP contribution in [0.25, 0.3) is 0 Å². The van der Waals surface area contributed by atoms with Crippen LogP contribution in [0.2, 0.25) is 0 Å². The van der Waals surface area contributed by atoms with Crippen molar-refractivity contribution in [2.24, 2.45) is 0 Å². The fourth-order valence-electron chi connectivity index (χ4n) is 3.78. The smallest absolute Gasteiger partial charge is 0.138 e. The Morgan fingerprint density at radius 1 is 1.14 bits per heavy atom. The summed E-state index contributed by atoms with van der Waals surface area (Å²) in [6.07, 6.45) is 4.66. The lowest BCUT2D eigenvalue weighted by molar-refractivity contribution is 0.199. The molecule has 22 heavy (non-hydrogen) atoms. The predicted octanol–water partition coefficient (Wildman–Crippen LogP) is 2.21. The van der Waals surface area contributed by atoms with E-state index in [1.165, 1.54) is 36.5 Å². The summed E-state index contributed by atoms with van der Waals surface area (Å²) in [4.78, 5) is 2.50. The summed E-state index contributed by atoms with van der Waals surface area (Å²) in [6.45, 7) is 8.30. The van der Waals surface area contributed by atoms with Gasteiger partial charge in [0.25, 0.3) is 0 Å². The van der Waals surface area contributed by atoms with E-state index in [0.717, 1.165) is 44.1 Å². The van der Waals surface area contributed by atoms with Gasteiger partial charge in [-0.15, -0.1) is 10.2 Å². The van der Waals surface area contributed by atoms with E-state index in [1.807, 2.05) is 13.8 Å². The Morgan fingerprint density at radius 2 is 1.95 bits per heavy atom. The second-order valence-corrected chi connectivity index (χ2v) is 6.58. The molecule has 6 nitrogen and oxygen atoms in total. The third-order valence-corrected chi connectivity index (χ3v) is 5.15. The molecular formula is C16H23N5O. The molecule has 4 heterocycles. The van der Waals surface area contributed by atoms with Gasteiger partial charge in [0.1, 0.15) is 17.4 Å². The molecule has 6 heteroatoms. The molecule has 0 amide bonds. The highest BCUT2D eigenvalue weighted by atomic mass is 16.5. The summed E-state index contributed by atoms with van der Waals surface area (Å²) >= 11 is 0. The maximum absolute atomic E-state index is 5.27. The van der Waals surface area contributed by atoms with Gasteiger partial charge in [0.2, 0.25) is 0 Å². The van der Waals surface area contributed by atoms with Gasteiger partial charge >= 0.3 is 0 Å². The maximum Gasteiger partial charge on any atom is 0.138 e. The molecule has 0 atom stereocenters. The highest BCUT2D eigenvalue weighted by molar-refractivity contribution is 5.20. The Balaban J connectivity index is 1.40. The first-order valence-corrected chi connectivity index (χ1v) is 8.28. The second-order valence-electron chi connectivity index (χ2n) is 6.58. The quantitative estimate of drug-likeness (QED) is 0.870. The van der Waals surface area contributed by atoms with E-state index in [-0.39, 0.29) is 0 Å². The topological polar surface area (TPSA) is 60.0 Å². The van der Waals surface area contributed by atoms with Crippen LogP contribution in [0.15, 0.2) is 4.52 Å². The third-order valence-electron chi connectivity index (χ3n) is 5.15. The average Bonchev–Trinajstić information content (AvgIpc) is 3.20. The van der Waals surface area contributed by atoms with Crippen molar-refractivity contribution in [3.05, 3.63) is 28.7 Å². The van der Waals surface area contributed by atoms with E-state index in [0.29, 0.717) is 5.92 Å². The van der Waals surface area contributed by atoms with Crippen molar-refractivity contribution in [3.8, 4) is 0 Å². The predicted molar refractivity (Wildman–Crippen MR) is 81.6 cm³/mol. The minimum Gasteiger partial charge on any atom is -0.361 e. The molecule has 2 aromatic rings. The average molecular weight is 301 g/mol. The van der Waals surface area contributed by atoms with E-state index in [4.69, 9.17) is 4.52 Å². The first-order chi connectivity index (χ1) is 10.7. The molecule has 0 saturated carbocycles. The zero-order valence-corrected chi connectivity index (χ0v) is 13.4. The Kier molecular flexibility index (Phi) is 3.48. The van der Waals surface area contributed by atoms with E-state index in [2.05, 4.69) is 24.8 Å². The van der Waals surface area contributed by atoms with Gasteiger partial charge in [-0.25, -0.2) is 0 Å². The van der Waals surface area contributed by atoms with Gasteiger partial charge in [-0.3, -0.25) is 4.90 Å². The molecule has 0 radical (unpaired) electrons. The Labute approximate surface area is 130 Å². The van der Waals surface area contributed by atoms with Crippen molar-refractivity contribution >= 4 is 0 Å². The highest BCUT2D eigenvalue weighted by Gasteiger charge is 2.28. The van der Waals surface area contributed by atoms with Crippen molar-refractivity contribution < 1.29 is 4.52 Å². The Morgan fingerprint density at radius 3 is 2.68 bits per heavy atom. The van der Waals surface area contributed by atoms with Gasteiger partial charge in [-0.2, -0.15) is 0 Å². The molecule has 1 saturated heterocycles. The summed E-state index contributed by atoms with van der Waals surface area (Å²) in [6, 6.07) is 0. The third kappa shape index (κ3) is 2.35. The lowest BCUT2D eigenvalue weighted by Crippen LogP contribution is -2.33. The molecule has 0 aromatic carbocycles. The van der Waals surface area contributed by atoms with Crippen molar-refractivity contribution in [2.45, 2.75) is 58.5 Å². The molecule has 2 aromatic heterocycles. The van der Waals surface area contributed by atoms with Gasteiger partial charge in [-0.05, 0) is 46.2 Å². The van der Waals surface area contributed by atoms with Crippen molar-refractivity contribution in [2.75, 3.05) is 13.1 Å². The number of hydrogen-bond acceptors (Lipinski definition) is 5. The molecule has 0 unspecified atom stereocenters. The molecule has 0 spiro atoms. The molecule has 0 bridgehead atoms. The SMILES string of the molecule is Cc1noc(C)c1CN1CCC(c2nnc3n2CCC3)CC1. The largest absolute Gasteiger partial charge is 0.361 e. The highest BCUT2D eigenvalue weighted by Crippen LogP contribution is 2.30. The standard InChI is InChI=1S/C16H23N5O/c1-11-14(12(2)22-19-11)10-20-8-5-13(6-9-20)16-18-17-15-4-3-7-21(15)16/h13H,3-10H2,1-2H3. The maximum atomic E-state index is 5.27. The summed E-state index contributed by atoms with van der Waals surface area (Å²) in [5, 5.41) is 12.9. The number of piperidine rings is 1. The normalized spacial score (nSPS) is 19.7. The molecule has 1 fully saturated rings. The zero-order chi connectivity index (χ0) is 15.1. The number of hydrogen-bond donors (Lipinski definition) is 0. The fourth-order valence-corrected chi connectivity index (χ4v) is 3.78. The first kappa shape index (κ1) is 13.9. The van der Waals surface area contributed by atoms with Crippen LogP contribution in [0.3, 0.4) is 0 Å². The molecule has 2 aliphatic heterocycles. The zero-order valence-electron chi connectivity index (χ0n) is 13.4. The summed E-state index contributed by atoms with van der Waals surface area (Å²) in [5.41, 5.74) is 2.27. The van der Waals surface area contributed by atoms with Gasteiger partial charge in [0.05, 0.1) is 5.69 Å². The molecular weight excluding hydrogens is 278 g/mol. The molecule has 0 aliphatic carbocycles. The van der Waals surface area contributed by atoms with Crippen LogP contribution in [0.5, 0.6) is 0 Å². The lowest BCUT2D eigenvalue weighted by Gasteiger charge is -2.31. The van der Waals surface area contributed by atoms with Gasteiger partial charge < -0.3 is 9.09 Å². The van der Waals surface area contributed by atoms with Crippen molar-refractivity contribution in [3.63, 3.8) is 0 Å². The summed E-state index contributed by atoms with van der Waals surface area (Å²) in [7, 11) is 0. The van der Waals surface area contributed by atoms with E-state index in [1.54, 1.807) is 0 Å². The minimum atomic E-state index is 0.570. The first-order valence-electron chi connectivity index (χ1n) is 8.28. The lowest BCUT2D eigenvalue weighted by atomic mass is 9.95. The molecule has 4 rings (SSSR count). The van der Waals surface area contributed by atoms with Crippen molar-refractivity contribution in [1.82, 2.24) is 24.8 Å². The van der Waals surface area contributed by atoms with Gasteiger partial charge in [-0.1, -0.05) is 5.16 Å². The van der Waals surface area contributed by atoms with E-state index >= 15 is 0 Å². The molecule has 118 valence electrons. The second kappa shape index (κ2) is 5.50. The van der Waals surface area contributed by atoms with Gasteiger partial charge in [0, 0.05) is 31.0 Å². The number of fused-ring (bicyclic) bond motifs is 1. The van der Waals surface area contributed by atoms with E-state index in [9.17, 15) is 0 Å². The van der Waals surface area contributed by atoms with Crippen LogP contribution >= 0.6 is 0 Å². The molecule has 0 N–H and O–H groups in total. The molecule has 2 aliphatic rings. The van der Waals surface area contributed by atoms with Crippen LogP contribution in [-0.2, 0) is 19.5 Å². The summed E-state index contributed by atoms with van der Waals surface area (Å²) < 4.78 is 7.62. The van der Waals surface area contributed by atoms with Gasteiger partial charge in [0.15, 0.2) is 0 Å². The van der Waals surface area contributed by atoms with E-state index < -0.39 is 0 Å². The Hall–Kier alpha value is -1.69. The number of aryl methyl sites for hydroxylation is 3. The van der Waals surface area contributed by atoms with Crippen LogP contribution in [-0.4, -0.2) is 37.9 Å². The Bertz CT molecular complexity index is 647. The number of nitrogens with zero attached hydrogens (tertiary/aromatic N) is 5. The fraction of sp³-hybridized carbons (Fsp3) is 0.688. The monoisotopic (exact) mass is 301 g/mol. The number of aromatic nitrogens is 4. The van der Waals surface area contributed by atoms with Crippen LogP contribution in [0.4, 0.5) is 0 Å². The van der Waals surface area contributed by atoms with Crippen LogP contribution < -0.4 is 0 Å².